The number of amides is 1. The zero-order chi connectivity index (χ0) is 15.8. The average Bonchev–Trinajstić information content (AvgIpc) is 2.54. The number of unbranched alkanes of at least 4 members (excludes halogenated alkanes) is 1. The Balaban J connectivity index is 0.00000264. The smallest absolute Gasteiger partial charge is 0.252 e. The summed E-state index contributed by atoms with van der Waals surface area (Å²) < 4.78 is 0.933. The van der Waals surface area contributed by atoms with Gasteiger partial charge in [0, 0.05) is 22.1 Å². The molecule has 0 spiro atoms. The predicted octanol–water partition coefficient (Wildman–Crippen LogP) is 4.31. The number of nitrogens with two attached hydrogens (primary N) is 1. The molecule has 8 heteroatoms. The number of halogens is 3. The minimum atomic E-state index is -0.0581. The van der Waals surface area contributed by atoms with Crippen LogP contribution in [0.5, 0.6) is 0 Å². The molecule has 1 aromatic carbocycles. The normalized spacial score (nSPS) is 9.58. The van der Waals surface area contributed by atoms with Crippen molar-refractivity contribution in [1.82, 2.24) is 10.3 Å². The van der Waals surface area contributed by atoms with Gasteiger partial charge in [-0.2, -0.15) is 0 Å². The van der Waals surface area contributed by atoms with Gasteiger partial charge in [-0.15, -0.1) is 24.8 Å². The molecule has 1 aromatic heterocycles. The molecular formula is C16H20BrCl2N3OS. The molecule has 0 fully saturated rings. The minimum Gasteiger partial charge on any atom is -0.352 e. The summed E-state index contributed by atoms with van der Waals surface area (Å²) in [4.78, 5) is 17.5. The fraction of sp³-hybridized carbons (Fsp3) is 0.250. The molecule has 0 saturated carbocycles. The monoisotopic (exact) mass is 451 g/mol. The number of carbonyl (C=O) groups excluding carboxylic acids is 1. The van der Waals surface area contributed by atoms with Gasteiger partial charge < -0.3 is 11.1 Å². The molecule has 0 atom stereocenters. The third-order valence-electron chi connectivity index (χ3n) is 2.96. The number of benzene rings is 1. The highest BCUT2D eigenvalue weighted by Gasteiger charge is 2.11. The first-order chi connectivity index (χ1) is 10.7. The second-order valence-electron chi connectivity index (χ2n) is 4.66. The molecule has 4 nitrogen and oxygen atoms in total. The van der Waals surface area contributed by atoms with Crippen LogP contribution in [-0.2, 0) is 0 Å². The first kappa shape index (κ1) is 23.2. The maximum Gasteiger partial charge on any atom is 0.252 e. The van der Waals surface area contributed by atoms with Crippen molar-refractivity contribution in [3.05, 3.63) is 52.6 Å². The van der Waals surface area contributed by atoms with Crippen molar-refractivity contribution in [2.45, 2.75) is 22.8 Å². The summed E-state index contributed by atoms with van der Waals surface area (Å²) in [7, 11) is 0. The second-order valence-corrected chi connectivity index (χ2v) is 6.64. The number of nitrogens with one attached hydrogen (secondary N) is 1. The van der Waals surface area contributed by atoms with Crippen molar-refractivity contribution in [2.75, 3.05) is 13.1 Å². The van der Waals surface area contributed by atoms with Crippen LogP contribution in [0.2, 0.25) is 0 Å². The Morgan fingerprint density at radius 1 is 1.17 bits per heavy atom. The van der Waals surface area contributed by atoms with Gasteiger partial charge in [-0.1, -0.05) is 23.9 Å². The van der Waals surface area contributed by atoms with Crippen LogP contribution < -0.4 is 11.1 Å². The third kappa shape index (κ3) is 7.40. The van der Waals surface area contributed by atoms with Crippen LogP contribution in [0.4, 0.5) is 0 Å². The lowest BCUT2D eigenvalue weighted by Crippen LogP contribution is -2.25. The topological polar surface area (TPSA) is 68.0 Å². The van der Waals surface area contributed by atoms with Crippen LogP contribution in [0, 0.1) is 0 Å². The summed E-state index contributed by atoms with van der Waals surface area (Å²) in [5.74, 6) is -0.0581. The summed E-state index contributed by atoms with van der Waals surface area (Å²) in [6.07, 6.45) is 3.56. The number of hydrogen-bond donors (Lipinski definition) is 2. The maximum atomic E-state index is 12.3. The first-order valence-electron chi connectivity index (χ1n) is 7.07. The SMILES string of the molecule is Cl.Cl.NCCCCNC(=O)c1ccccc1Sc1ccc(Br)cn1. The average molecular weight is 453 g/mol. The molecule has 1 amide bonds. The molecule has 24 heavy (non-hydrogen) atoms. The third-order valence-corrected chi connectivity index (χ3v) is 4.46. The number of aromatic nitrogens is 1. The van der Waals surface area contributed by atoms with Crippen molar-refractivity contribution in [3.63, 3.8) is 0 Å². The summed E-state index contributed by atoms with van der Waals surface area (Å²) in [5.41, 5.74) is 6.12. The molecule has 0 aliphatic rings. The van der Waals surface area contributed by atoms with Crippen molar-refractivity contribution >= 4 is 58.4 Å². The lowest BCUT2D eigenvalue weighted by atomic mass is 10.2. The summed E-state index contributed by atoms with van der Waals surface area (Å²) in [6, 6.07) is 11.4. The molecule has 2 aromatic rings. The molecule has 0 bridgehead atoms. The van der Waals surface area contributed by atoms with Crippen LogP contribution in [0.25, 0.3) is 0 Å². The van der Waals surface area contributed by atoms with E-state index in [1.807, 2.05) is 36.4 Å². The Morgan fingerprint density at radius 3 is 2.58 bits per heavy atom. The molecule has 0 aliphatic carbocycles. The molecule has 0 radical (unpaired) electrons. The standard InChI is InChI=1S/C16H18BrN3OS.2ClH/c17-12-7-8-15(20-11-12)22-14-6-2-1-5-13(14)16(21)19-10-4-3-9-18;;/h1-2,5-8,11H,3-4,9-10,18H2,(H,19,21);2*1H. The summed E-state index contributed by atoms with van der Waals surface area (Å²) >= 11 is 4.85. The number of carbonyl (C=O) groups is 1. The minimum absolute atomic E-state index is 0. The van der Waals surface area contributed by atoms with E-state index in [0.29, 0.717) is 18.7 Å². The zero-order valence-electron chi connectivity index (χ0n) is 12.9. The number of hydrogen-bond acceptors (Lipinski definition) is 4. The Bertz CT molecular complexity index is 629. The predicted molar refractivity (Wildman–Crippen MR) is 108 cm³/mol. The summed E-state index contributed by atoms with van der Waals surface area (Å²) in [6.45, 7) is 1.29. The van der Waals surface area contributed by atoms with E-state index >= 15 is 0 Å². The Morgan fingerprint density at radius 2 is 1.92 bits per heavy atom. The van der Waals surface area contributed by atoms with Gasteiger partial charge in [-0.25, -0.2) is 4.98 Å². The maximum absolute atomic E-state index is 12.3. The largest absolute Gasteiger partial charge is 0.352 e. The van der Waals surface area contributed by atoms with Crippen molar-refractivity contribution in [3.8, 4) is 0 Å². The molecule has 0 saturated heterocycles. The zero-order valence-corrected chi connectivity index (χ0v) is 16.9. The van der Waals surface area contributed by atoms with E-state index < -0.39 is 0 Å². The van der Waals surface area contributed by atoms with Gasteiger partial charge in [0.25, 0.3) is 5.91 Å². The van der Waals surface area contributed by atoms with Crippen LogP contribution in [0.3, 0.4) is 0 Å². The quantitative estimate of drug-likeness (QED) is 0.614. The molecule has 132 valence electrons. The Kier molecular flexibility index (Phi) is 12.1. The lowest BCUT2D eigenvalue weighted by molar-refractivity contribution is 0.0950. The summed E-state index contributed by atoms with van der Waals surface area (Å²) in [5, 5.41) is 3.79. The van der Waals surface area contributed by atoms with E-state index in [1.54, 1.807) is 6.20 Å². The number of pyridine rings is 1. The first-order valence-corrected chi connectivity index (χ1v) is 8.68. The molecule has 3 N–H and O–H groups in total. The lowest BCUT2D eigenvalue weighted by Gasteiger charge is -2.09. The van der Waals surface area contributed by atoms with Gasteiger partial charge in [-0.3, -0.25) is 4.79 Å². The van der Waals surface area contributed by atoms with Gasteiger partial charge in [0.15, 0.2) is 0 Å². The fourth-order valence-electron chi connectivity index (χ4n) is 1.84. The molecular weight excluding hydrogens is 433 g/mol. The molecule has 2 rings (SSSR count). The molecule has 0 aliphatic heterocycles. The van der Waals surface area contributed by atoms with Crippen LogP contribution in [-0.4, -0.2) is 24.0 Å². The molecule has 1 heterocycles. The van der Waals surface area contributed by atoms with E-state index in [1.165, 1.54) is 11.8 Å². The highest BCUT2D eigenvalue weighted by Crippen LogP contribution is 2.29. The number of nitrogens with zero attached hydrogens (tertiary/aromatic N) is 1. The van der Waals surface area contributed by atoms with Gasteiger partial charge in [0.05, 0.1) is 5.56 Å². The highest BCUT2D eigenvalue weighted by molar-refractivity contribution is 9.10. The van der Waals surface area contributed by atoms with Crippen LogP contribution >= 0.6 is 52.5 Å². The number of rotatable bonds is 7. The van der Waals surface area contributed by atoms with Gasteiger partial charge in [0.1, 0.15) is 5.03 Å². The van der Waals surface area contributed by atoms with E-state index in [2.05, 4.69) is 26.2 Å². The molecule has 0 unspecified atom stereocenters. The van der Waals surface area contributed by atoms with Crippen LogP contribution in [0.15, 0.2) is 57.0 Å². The van der Waals surface area contributed by atoms with Crippen molar-refractivity contribution < 1.29 is 4.79 Å². The van der Waals surface area contributed by atoms with Gasteiger partial charge in [-0.05, 0) is 59.6 Å². The Hall–Kier alpha value is -0.790. The van der Waals surface area contributed by atoms with E-state index in [9.17, 15) is 4.79 Å². The van der Waals surface area contributed by atoms with Crippen LogP contribution in [0.1, 0.15) is 23.2 Å². The van der Waals surface area contributed by atoms with E-state index in [-0.39, 0.29) is 30.7 Å². The van der Waals surface area contributed by atoms with E-state index in [0.717, 1.165) is 27.2 Å². The van der Waals surface area contributed by atoms with Gasteiger partial charge in [0.2, 0.25) is 0 Å². The highest BCUT2D eigenvalue weighted by atomic mass is 79.9. The second kappa shape index (κ2) is 12.6. The fourth-order valence-corrected chi connectivity index (χ4v) is 2.96. The van der Waals surface area contributed by atoms with Crippen molar-refractivity contribution in [1.29, 1.82) is 0 Å². The van der Waals surface area contributed by atoms with Crippen molar-refractivity contribution in [2.24, 2.45) is 5.73 Å². The van der Waals surface area contributed by atoms with Gasteiger partial charge >= 0.3 is 0 Å². The Labute approximate surface area is 167 Å². The van der Waals surface area contributed by atoms with E-state index in [4.69, 9.17) is 5.73 Å².